The molecule has 6 nitrogen and oxygen atoms in total. The van der Waals surface area contributed by atoms with Gasteiger partial charge in [0.05, 0.1) is 39.6 Å². The highest BCUT2D eigenvalue weighted by Crippen LogP contribution is 1.73. The van der Waals surface area contributed by atoms with Gasteiger partial charge in [-0.05, 0) is 13.8 Å². The first kappa shape index (κ1) is 24.6. The summed E-state index contributed by atoms with van der Waals surface area (Å²) >= 11 is 0. The molecule has 0 unspecified atom stereocenters. The van der Waals surface area contributed by atoms with E-state index < -0.39 is 0 Å². The van der Waals surface area contributed by atoms with E-state index in [-0.39, 0.29) is 39.6 Å². The lowest BCUT2D eigenvalue weighted by molar-refractivity contribution is 0.186. The van der Waals surface area contributed by atoms with Crippen molar-refractivity contribution in [3.8, 4) is 0 Å². The topological polar surface area (TPSA) is 121 Å². The van der Waals surface area contributed by atoms with Crippen LogP contribution in [0.2, 0.25) is 0 Å². The zero-order valence-electron chi connectivity index (χ0n) is 10.1. The van der Waals surface area contributed by atoms with Crippen molar-refractivity contribution in [3.05, 3.63) is 12.2 Å². The Morgan fingerprint density at radius 2 is 0.688 bits per heavy atom. The summed E-state index contributed by atoms with van der Waals surface area (Å²) in [7, 11) is 0. The van der Waals surface area contributed by atoms with Crippen molar-refractivity contribution in [1.29, 1.82) is 0 Å². The fourth-order valence-electron chi connectivity index (χ4n) is 0. The molecule has 0 bridgehead atoms. The van der Waals surface area contributed by atoms with E-state index in [0.29, 0.717) is 0 Å². The molecule has 0 heterocycles. The van der Waals surface area contributed by atoms with Crippen molar-refractivity contribution in [2.24, 2.45) is 0 Å². The zero-order chi connectivity index (χ0) is 13.8. The Balaban J connectivity index is -0.0000000600. The van der Waals surface area contributed by atoms with Crippen molar-refractivity contribution in [2.45, 2.75) is 13.8 Å². The van der Waals surface area contributed by atoms with Gasteiger partial charge in [0, 0.05) is 0 Å². The number of allylic oxidation sites excluding steroid dienone is 1. The van der Waals surface area contributed by atoms with Gasteiger partial charge in [-0.25, -0.2) is 0 Å². The third-order valence-electron chi connectivity index (χ3n) is 0.300. The highest BCUT2D eigenvalue weighted by Gasteiger charge is 1.58. The van der Waals surface area contributed by atoms with Gasteiger partial charge in [-0.15, -0.1) is 6.58 Å². The molecule has 0 aromatic rings. The SMILES string of the molecule is C=C(C)C.OCCO.OCCO.OCCO. The molecular weight excluding hydrogens is 216 g/mol. The molecule has 0 aromatic heterocycles. The number of rotatable bonds is 3. The Morgan fingerprint density at radius 1 is 0.625 bits per heavy atom. The molecule has 0 spiro atoms. The molecule has 0 amide bonds. The van der Waals surface area contributed by atoms with Crippen molar-refractivity contribution >= 4 is 0 Å². The molecule has 0 aliphatic heterocycles. The number of aliphatic hydroxyl groups is 6. The highest BCUT2D eigenvalue weighted by molar-refractivity contribution is 4.78. The van der Waals surface area contributed by atoms with Crippen LogP contribution in [0, 0.1) is 0 Å². The summed E-state index contributed by atoms with van der Waals surface area (Å²) in [5.41, 5.74) is 1.17. The van der Waals surface area contributed by atoms with Crippen LogP contribution in [0.4, 0.5) is 0 Å². The first-order valence-electron chi connectivity index (χ1n) is 4.75. The largest absolute Gasteiger partial charge is 0.394 e. The summed E-state index contributed by atoms with van der Waals surface area (Å²) in [6.45, 7) is 6.75. The minimum absolute atomic E-state index is 0.125. The van der Waals surface area contributed by atoms with Gasteiger partial charge >= 0.3 is 0 Å². The van der Waals surface area contributed by atoms with E-state index >= 15 is 0 Å². The van der Waals surface area contributed by atoms with Gasteiger partial charge in [0.1, 0.15) is 0 Å². The Morgan fingerprint density at radius 3 is 0.688 bits per heavy atom. The van der Waals surface area contributed by atoms with Gasteiger partial charge < -0.3 is 30.6 Å². The van der Waals surface area contributed by atoms with E-state index in [1.165, 1.54) is 5.57 Å². The van der Waals surface area contributed by atoms with Crippen LogP contribution >= 0.6 is 0 Å². The van der Waals surface area contributed by atoms with Gasteiger partial charge in [-0.3, -0.25) is 0 Å². The lowest BCUT2D eigenvalue weighted by atomic mass is 10.4. The summed E-state index contributed by atoms with van der Waals surface area (Å²) in [6.07, 6.45) is 0. The molecule has 0 aliphatic rings. The summed E-state index contributed by atoms with van der Waals surface area (Å²) in [5, 5.41) is 45.8. The predicted octanol–water partition coefficient (Wildman–Crippen LogP) is -1.50. The minimum Gasteiger partial charge on any atom is -0.394 e. The Hall–Kier alpha value is -0.500. The van der Waals surface area contributed by atoms with E-state index in [9.17, 15) is 0 Å². The van der Waals surface area contributed by atoms with Crippen LogP contribution in [0.3, 0.4) is 0 Å². The molecule has 0 aliphatic carbocycles. The van der Waals surface area contributed by atoms with Gasteiger partial charge in [0.25, 0.3) is 0 Å². The van der Waals surface area contributed by atoms with E-state index in [4.69, 9.17) is 30.6 Å². The highest BCUT2D eigenvalue weighted by atomic mass is 16.3. The molecule has 0 atom stereocenters. The third kappa shape index (κ3) is 338. The van der Waals surface area contributed by atoms with E-state index in [0.717, 1.165) is 0 Å². The molecule has 0 aromatic carbocycles. The number of hydrogen-bond donors (Lipinski definition) is 6. The van der Waals surface area contributed by atoms with Gasteiger partial charge in [0.2, 0.25) is 0 Å². The van der Waals surface area contributed by atoms with Crippen LogP contribution in [0.25, 0.3) is 0 Å². The second-order valence-corrected chi connectivity index (χ2v) is 2.55. The normalized spacial score (nSPS) is 7.25. The second kappa shape index (κ2) is 36.6. The monoisotopic (exact) mass is 242 g/mol. The fourth-order valence-corrected chi connectivity index (χ4v) is 0. The molecule has 0 fully saturated rings. The van der Waals surface area contributed by atoms with E-state index in [1.807, 2.05) is 13.8 Å². The maximum atomic E-state index is 7.62. The maximum absolute atomic E-state index is 7.62. The molecular formula is C10H26O6. The average molecular weight is 242 g/mol. The van der Waals surface area contributed by atoms with Crippen LogP contribution < -0.4 is 0 Å². The van der Waals surface area contributed by atoms with Crippen LogP contribution in [0.5, 0.6) is 0 Å². The van der Waals surface area contributed by atoms with Crippen molar-refractivity contribution in [1.82, 2.24) is 0 Å². The summed E-state index contributed by atoms with van der Waals surface area (Å²) in [4.78, 5) is 0. The van der Waals surface area contributed by atoms with Crippen LogP contribution in [-0.4, -0.2) is 70.3 Å². The first-order chi connectivity index (χ1) is 7.47. The smallest absolute Gasteiger partial charge is 0.0662 e. The molecule has 0 radical (unpaired) electrons. The Labute approximate surface area is 97.1 Å². The summed E-state index contributed by atoms with van der Waals surface area (Å²) < 4.78 is 0. The van der Waals surface area contributed by atoms with Crippen LogP contribution in [-0.2, 0) is 0 Å². The van der Waals surface area contributed by atoms with E-state index in [1.54, 1.807) is 0 Å². The Kier molecular flexibility index (Phi) is 56.3. The van der Waals surface area contributed by atoms with Crippen LogP contribution in [0.15, 0.2) is 12.2 Å². The third-order valence-corrected chi connectivity index (χ3v) is 0.300. The summed E-state index contributed by atoms with van der Waals surface area (Å²) in [6, 6.07) is 0. The molecule has 16 heavy (non-hydrogen) atoms. The lowest BCUT2D eigenvalue weighted by Crippen LogP contribution is -1.85. The maximum Gasteiger partial charge on any atom is 0.0662 e. The standard InChI is InChI=1S/C4H8.3C2H6O2/c1-4(2)3;3*3-1-2-4/h1H2,2-3H3;3*3-4H,1-2H2. The Bertz CT molecular complexity index is 77.8. The van der Waals surface area contributed by atoms with Crippen molar-refractivity contribution < 1.29 is 30.6 Å². The van der Waals surface area contributed by atoms with Gasteiger partial charge in [-0.2, -0.15) is 0 Å². The lowest BCUT2D eigenvalue weighted by Gasteiger charge is -1.70. The minimum atomic E-state index is -0.125. The molecule has 0 rings (SSSR count). The zero-order valence-corrected chi connectivity index (χ0v) is 10.1. The van der Waals surface area contributed by atoms with Gasteiger partial charge in [0.15, 0.2) is 0 Å². The van der Waals surface area contributed by atoms with Crippen molar-refractivity contribution in [2.75, 3.05) is 39.6 Å². The first-order valence-corrected chi connectivity index (χ1v) is 4.75. The summed E-state index contributed by atoms with van der Waals surface area (Å²) in [5.74, 6) is 0. The fraction of sp³-hybridized carbons (Fsp3) is 0.800. The number of aliphatic hydroxyl groups excluding tert-OH is 6. The van der Waals surface area contributed by atoms with Crippen molar-refractivity contribution in [3.63, 3.8) is 0 Å². The predicted molar refractivity (Wildman–Crippen MR) is 63.0 cm³/mol. The quantitative estimate of drug-likeness (QED) is 0.335. The average Bonchev–Trinajstić information content (AvgIpc) is 2.28. The number of hydrogen-bond acceptors (Lipinski definition) is 6. The molecule has 0 saturated carbocycles. The molecule has 6 heteroatoms. The van der Waals surface area contributed by atoms with Crippen LogP contribution in [0.1, 0.15) is 13.8 Å². The second-order valence-electron chi connectivity index (χ2n) is 2.55. The molecule has 102 valence electrons. The molecule has 6 N–H and O–H groups in total. The van der Waals surface area contributed by atoms with E-state index in [2.05, 4.69) is 6.58 Å². The van der Waals surface area contributed by atoms with Gasteiger partial charge in [-0.1, -0.05) is 5.57 Å². The molecule has 0 saturated heterocycles.